The summed E-state index contributed by atoms with van der Waals surface area (Å²) < 4.78 is 2.05. The molecule has 2 unspecified atom stereocenters. The van der Waals surface area contributed by atoms with Crippen LogP contribution in [0.2, 0.25) is 0 Å². The van der Waals surface area contributed by atoms with Crippen molar-refractivity contribution in [1.29, 1.82) is 10.5 Å². The Morgan fingerprint density at radius 3 is 1.27 bits per heavy atom. The fourth-order valence-corrected chi connectivity index (χ4v) is 5.98. The van der Waals surface area contributed by atoms with Crippen LogP contribution in [0.3, 0.4) is 0 Å². The molecule has 2 atom stereocenters. The van der Waals surface area contributed by atoms with Gasteiger partial charge >= 0.3 is 0 Å². The van der Waals surface area contributed by atoms with Crippen molar-refractivity contribution in [3.05, 3.63) is 139 Å². The van der Waals surface area contributed by atoms with Gasteiger partial charge in [0.15, 0.2) is 0 Å². The number of rotatable bonds is 6. The summed E-state index contributed by atoms with van der Waals surface area (Å²) in [4.78, 5) is 0. The molecule has 0 saturated carbocycles. The van der Waals surface area contributed by atoms with Crippen LogP contribution in [0.25, 0.3) is 0 Å². The van der Waals surface area contributed by atoms with E-state index in [0.717, 1.165) is 20.1 Å². The lowest BCUT2D eigenvalue weighted by Crippen LogP contribution is -2.04. The Labute approximate surface area is 215 Å². The number of hydrogen-bond donors (Lipinski definition) is 0. The zero-order valence-electron chi connectivity index (χ0n) is 17.5. The van der Waals surface area contributed by atoms with Gasteiger partial charge < -0.3 is 0 Å². The molecular formula is C28H18Br2N2S. The van der Waals surface area contributed by atoms with Gasteiger partial charge in [-0.2, -0.15) is 10.5 Å². The summed E-state index contributed by atoms with van der Waals surface area (Å²) in [5.41, 5.74) is 5.90. The second-order valence-electron chi connectivity index (χ2n) is 7.47. The maximum atomic E-state index is 9.24. The molecule has 160 valence electrons. The van der Waals surface area contributed by atoms with Gasteiger partial charge in [0.2, 0.25) is 0 Å². The summed E-state index contributed by atoms with van der Waals surface area (Å²) >= 11 is 9.08. The second kappa shape index (κ2) is 10.9. The van der Waals surface area contributed by atoms with E-state index in [9.17, 15) is 10.5 Å². The standard InChI is InChI=1S/C28H18Br2N2S/c29-25-5-1-3-23(15-25)27(21-11-7-19(17-31)8-12-21)33-28(24-4-2-6-26(30)16-24)22-13-9-20(18-32)10-14-22/h1-16,27-28H. The first-order valence-electron chi connectivity index (χ1n) is 10.2. The van der Waals surface area contributed by atoms with Crippen LogP contribution >= 0.6 is 43.6 Å². The molecule has 5 heteroatoms. The Morgan fingerprint density at radius 2 is 0.939 bits per heavy atom. The van der Waals surface area contributed by atoms with Crippen LogP contribution in [-0.2, 0) is 0 Å². The molecule has 4 aromatic rings. The average Bonchev–Trinajstić information content (AvgIpc) is 2.85. The highest BCUT2D eigenvalue weighted by Gasteiger charge is 2.24. The van der Waals surface area contributed by atoms with Crippen LogP contribution in [0.4, 0.5) is 0 Å². The smallest absolute Gasteiger partial charge is 0.0991 e. The summed E-state index contributed by atoms with van der Waals surface area (Å²) in [6.07, 6.45) is 0. The molecule has 0 N–H and O–H groups in total. The van der Waals surface area contributed by atoms with Gasteiger partial charge in [0.1, 0.15) is 0 Å². The van der Waals surface area contributed by atoms with E-state index < -0.39 is 0 Å². The van der Waals surface area contributed by atoms with Crippen molar-refractivity contribution in [1.82, 2.24) is 0 Å². The topological polar surface area (TPSA) is 47.6 Å². The van der Waals surface area contributed by atoms with Crippen molar-refractivity contribution in [2.24, 2.45) is 0 Å². The predicted molar refractivity (Wildman–Crippen MR) is 142 cm³/mol. The lowest BCUT2D eigenvalue weighted by atomic mass is 10.0. The second-order valence-corrected chi connectivity index (χ2v) is 10.5. The molecule has 4 aromatic carbocycles. The molecule has 0 spiro atoms. The van der Waals surface area contributed by atoms with E-state index in [0.29, 0.717) is 11.1 Å². The van der Waals surface area contributed by atoms with E-state index >= 15 is 0 Å². The minimum atomic E-state index is 0.0369. The molecule has 0 amide bonds. The van der Waals surface area contributed by atoms with E-state index in [-0.39, 0.29) is 10.5 Å². The van der Waals surface area contributed by atoms with Crippen molar-refractivity contribution >= 4 is 43.6 Å². The molecule has 0 bridgehead atoms. The molecule has 0 aliphatic carbocycles. The highest BCUT2D eigenvalue weighted by molar-refractivity contribution is 9.10. The van der Waals surface area contributed by atoms with Gasteiger partial charge in [-0.1, -0.05) is 80.4 Å². The maximum absolute atomic E-state index is 9.24. The normalized spacial score (nSPS) is 12.4. The highest BCUT2D eigenvalue weighted by Crippen LogP contribution is 2.48. The summed E-state index contributed by atoms with van der Waals surface area (Å²) in [7, 11) is 0. The molecule has 4 rings (SSSR count). The van der Waals surface area contributed by atoms with Gasteiger partial charge in [0.25, 0.3) is 0 Å². The van der Waals surface area contributed by atoms with Gasteiger partial charge in [-0.05, 0) is 70.8 Å². The van der Waals surface area contributed by atoms with Crippen LogP contribution in [0.5, 0.6) is 0 Å². The van der Waals surface area contributed by atoms with Crippen molar-refractivity contribution < 1.29 is 0 Å². The fraction of sp³-hybridized carbons (Fsp3) is 0.0714. The number of nitriles is 2. The highest BCUT2D eigenvalue weighted by atomic mass is 79.9. The molecular weight excluding hydrogens is 556 g/mol. The van der Waals surface area contributed by atoms with E-state index in [1.165, 1.54) is 11.1 Å². The van der Waals surface area contributed by atoms with E-state index in [4.69, 9.17) is 0 Å². The number of thioether (sulfide) groups is 1. The first kappa shape index (κ1) is 23.3. The lowest BCUT2D eigenvalue weighted by Gasteiger charge is -2.26. The molecule has 0 aliphatic heterocycles. The van der Waals surface area contributed by atoms with Gasteiger partial charge in [-0.15, -0.1) is 11.8 Å². The van der Waals surface area contributed by atoms with Crippen LogP contribution in [0, 0.1) is 22.7 Å². The van der Waals surface area contributed by atoms with Crippen molar-refractivity contribution in [3.63, 3.8) is 0 Å². The first-order valence-corrected chi connectivity index (χ1v) is 12.8. The summed E-state index contributed by atoms with van der Waals surface area (Å²) in [6.45, 7) is 0. The lowest BCUT2D eigenvalue weighted by molar-refractivity contribution is 1.09. The zero-order chi connectivity index (χ0) is 23.2. The fourth-order valence-electron chi connectivity index (χ4n) is 3.64. The van der Waals surface area contributed by atoms with Gasteiger partial charge in [0.05, 0.1) is 33.8 Å². The third-order valence-corrected chi connectivity index (χ3v) is 7.88. The van der Waals surface area contributed by atoms with E-state index in [1.54, 1.807) is 0 Å². The molecule has 0 aromatic heterocycles. The molecule has 0 saturated heterocycles. The van der Waals surface area contributed by atoms with E-state index in [1.807, 2.05) is 84.6 Å². The molecule has 33 heavy (non-hydrogen) atoms. The Kier molecular flexibility index (Phi) is 7.68. The number of hydrogen-bond acceptors (Lipinski definition) is 3. The molecule has 0 aliphatic rings. The van der Waals surface area contributed by atoms with Crippen LogP contribution in [-0.4, -0.2) is 0 Å². The summed E-state index contributed by atoms with van der Waals surface area (Å²) in [5, 5.41) is 18.6. The monoisotopic (exact) mass is 572 g/mol. The molecule has 0 radical (unpaired) electrons. The Bertz CT molecular complexity index is 1230. The van der Waals surface area contributed by atoms with Gasteiger partial charge in [0, 0.05) is 8.95 Å². The third-order valence-electron chi connectivity index (χ3n) is 5.26. The minimum absolute atomic E-state index is 0.0369. The van der Waals surface area contributed by atoms with Crippen molar-refractivity contribution in [2.75, 3.05) is 0 Å². The number of benzene rings is 4. The van der Waals surface area contributed by atoms with Crippen molar-refractivity contribution in [2.45, 2.75) is 10.5 Å². The SMILES string of the molecule is N#Cc1ccc(C(SC(c2ccc(C#N)cc2)c2cccc(Br)c2)c2cccc(Br)c2)cc1. The average molecular weight is 574 g/mol. The maximum Gasteiger partial charge on any atom is 0.0991 e. The molecule has 2 nitrogen and oxygen atoms in total. The number of nitrogens with zero attached hydrogens (tertiary/aromatic N) is 2. The van der Waals surface area contributed by atoms with Crippen LogP contribution < -0.4 is 0 Å². The first-order chi connectivity index (χ1) is 16.1. The molecule has 0 fully saturated rings. The third kappa shape index (κ3) is 5.75. The van der Waals surface area contributed by atoms with Gasteiger partial charge in [-0.3, -0.25) is 0 Å². The minimum Gasteiger partial charge on any atom is -0.192 e. The van der Waals surface area contributed by atoms with Crippen molar-refractivity contribution in [3.8, 4) is 12.1 Å². The summed E-state index contributed by atoms with van der Waals surface area (Å²) in [5.74, 6) is 0. The quantitative estimate of drug-likeness (QED) is 0.232. The van der Waals surface area contributed by atoms with Crippen LogP contribution in [0.1, 0.15) is 43.9 Å². The number of halogens is 2. The Morgan fingerprint density at radius 1 is 0.545 bits per heavy atom. The van der Waals surface area contributed by atoms with Crippen LogP contribution in [0.15, 0.2) is 106 Å². The van der Waals surface area contributed by atoms with E-state index in [2.05, 4.69) is 68.3 Å². The molecule has 0 heterocycles. The Balaban J connectivity index is 1.82. The van der Waals surface area contributed by atoms with Gasteiger partial charge in [-0.25, -0.2) is 0 Å². The zero-order valence-corrected chi connectivity index (χ0v) is 21.4. The largest absolute Gasteiger partial charge is 0.192 e. The summed E-state index contributed by atoms with van der Waals surface area (Å²) in [6, 6.07) is 36.7. The Hall–Kier alpha value is -2.83. The predicted octanol–water partition coefficient (Wildman–Crippen LogP) is 8.57.